The summed E-state index contributed by atoms with van der Waals surface area (Å²) in [6.45, 7) is 5.81. The molecule has 5 heterocycles. The van der Waals surface area contributed by atoms with Gasteiger partial charge in [-0.1, -0.05) is 41.6 Å². The fourth-order valence-electron chi connectivity index (χ4n) is 6.14. The van der Waals surface area contributed by atoms with E-state index in [0.717, 1.165) is 75.2 Å². The molecular weight excluding hydrogens is 718 g/mol. The zero-order chi connectivity index (χ0) is 36.8. The molecule has 10 nitrogen and oxygen atoms in total. The van der Waals surface area contributed by atoms with E-state index in [1.165, 1.54) is 0 Å². The van der Waals surface area contributed by atoms with Gasteiger partial charge >= 0.3 is 12.1 Å². The number of ether oxygens (including phenoxy) is 1. The number of likely N-dealkylation sites (tertiary alicyclic amines) is 1. The molecular formula is C37H35F3N4O6S2. The van der Waals surface area contributed by atoms with Gasteiger partial charge in [0, 0.05) is 53.5 Å². The lowest BCUT2D eigenvalue weighted by molar-refractivity contribution is -0.192. The van der Waals surface area contributed by atoms with E-state index < -0.39 is 12.1 Å². The molecule has 3 aromatic heterocycles. The zero-order valence-electron chi connectivity index (χ0n) is 28.1. The van der Waals surface area contributed by atoms with Gasteiger partial charge in [-0.15, -0.1) is 22.7 Å². The largest absolute Gasteiger partial charge is 0.490 e. The molecule has 0 saturated carbocycles. The Kier molecular flexibility index (Phi) is 11.5. The number of thiazole rings is 1. The van der Waals surface area contributed by atoms with Crippen molar-refractivity contribution in [3.63, 3.8) is 0 Å². The summed E-state index contributed by atoms with van der Waals surface area (Å²) in [5.41, 5.74) is 6.07. The number of carboxylic acids is 1. The van der Waals surface area contributed by atoms with Gasteiger partial charge in [0.2, 0.25) is 5.91 Å². The van der Waals surface area contributed by atoms with Crippen LogP contribution < -0.4 is 0 Å². The number of hydrogen-bond acceptors (Lipinski definition) is 9. The molecule has 272 valence electrons. The molecule has 2 aliphatic rings. The highest BCUT2D eigenvalue weighted by atomic mass is 32.1. The van der Waals surface area contributed by atoms with Crippen LogP contribution in [-0.4, -0.2) is 88.4 Å². The number of carbonyl (C=O) groups excluding carboxylic acids is 2. The number of carbonyl (C=O) groups is 3. The van der Waals surface area contributed by atoms with Crippen LogP contribution in [0.4, 0.5) is 13.2 Å². The minimum absolute atomic E-state index is 0.0284. The van der Waals surface area contributed by atoms with Gasteiger partial charge in [0.05, 0.1) is 35.9 Å². The first-order valence-corrected chi connectivity index (χ1v) is 18.3. The highest BCUT2D eigenvalue weighted by Gasteiger charge is 2.38. The molecule has 1 N–H and O–H groups in total. The van der Waals surface area contributed by atoms with Crippen molar-refractivity contribution in [2.45, 2.75) is 38.3 Å². The van der Waals surface area contributed by atoms with Crippen molar-refractivity contribution >= 4 is 40.5 Å². The molecule has 2 amide bonds. The fraction of sp³-hybridized carbons (Fsp3) is 0.324. The molecule has 5 aromatic rings. The van der Waals surface area contributed by atoms with Gasteiger partial charge in [0.25, 0.3) is 5.91 Å². The van der Waals surface area contributed by atoms with Crippen molar-refractivity contribution in [1.29, 1.82) is 0 Å². The van der Waals surface area contributed by atoms with Crippen molar-refractivity contribution in [1.82, 2.24) is 19.9 Å². The summed E-state index contributed by atoms with van der Waals surface area (Å²) >= 11 is 3.30. The Labute approximate surface area is 305 Å². The summed E-state index contributed by atoms with van der Waals surface area (Å²) in [6.07, 6.45) is -2.78. The lowest BCUT2D eigenvalue weighted by Gasteiger charge is -2.31. The number of thiophene rings is 1. The lowest BCUT2D eigenvalue weighted by atomic mass is 9.96. The van der Waals surface area contributed by atoms with Crippen LogP contribution in [0.5, 0.6) is 0 Å². The number of rotatable bonds is 7. The van der Waals surface area contributed by atoms with Gasteiger partial charge in [-0.05, 0) is 60.5 Å². The maximum absolute atomic E-state index is 13.1. The standard InChI is InChI=1S/C35H34N4O4S2.C2HF3O2/c1-23-32(30-22-45-34(36-30)24-10-12-38(13-11-24)31(40)21-29-9-4-18-44-29)33(37-43-23)27-7-2-5-25(19-27)26-6-3-8-28(20-26)35(41)39-14-16-42-17-15-39;3-2(4,5)1(6)7/h2-9,18-20,22,24H,10-17,21H2,1H3;(H,6,7). The average Bonchev–Trinajstić information content (AvgIpc) is 3.94. The Bertz CT molecular complexity index is 2010. The fourth-order valence-corrected chi connectivity index (χ4v) is 7.82. The number of halogens is 3. The zero-order valence-corrected chi connectivity index (χ0v) is 29.7. The lowest BCUT2D eigenvalue weighted by Crippen LogP contribution is -2.40. The van der Waals surface area contributed by atoms with Crippen molar-refractivity contribution < 1.29 is 41.9 Å². The number of hydrogen-bond donors (Lipinski definition) is 1. The molecule has 0 bridgehead atoms. The van der Waals surface area contributed by atoms with Gasteiger partial charge in [-0.2, -0.15) is 13.2 Å². The number of amides is 2. The van der Waals surface area contributed by atoms with Crippen LogP contribution in [-0.2, 0) is 20.7 Å². The summed E-state index contributed by atoms with van der Waals surface area (Å²) in [6, 6.07) is 20.0. The molecule has 0 aliphatic carbocycles. The summed E-state index contributed by atoms with van der Waals surface area (Å²) < 4.78 is 42.9. The molecule has 52 heavy (non-hydrogen) atoms. The minimum Gasteiger partial charge on any atom is -0.475 e. The molecule has 0 atom stereocenters. The second-order valence-electron chi connectivity index (χ2n) is 12.3. The van der Waals surface area contributed by atoms with Crippen LogP contribution in [0.3, 0.4) is 0 Å². The Morgan fingerprint density at radius 3 is 2.25 bits per heavy atom. The number of aromatic nitrogens is 2. The van der Waals surface area contributed by atoms with Crippen molar-refractivity contribution in [3.8, 4) is 33.6 Å². The third-order valence-electron chi connectivity index (χ3n) is 8.86. The van der Waals surface area contributed by atoms with Crippen LogP contribution in [0.1, 0.15) is 44.8 Å². The monoisotopic (exact) mass is 752 g/mol. The molecule has 2 aromatic carbocycles. The first-order chi connectivity index (χ1) is 25.0. The summed E-state index contributed by atoms with van der Waals surface area (Å²) in [7, 11) is 0. The van der Waals surface area contributed by atoms with Gasteiger partial charge in [0.1, 0.15) is 11.5 Å². The SMILES string of the molecule is Cc1onc(-c2cccc(-c3cccc(C(=O)N4CCOCC4)c3)c2)c1-c1csc(C2CCN(C(=O)Cc3cccs3)CC2)n1.O=C(O)C(F)(F)F. The van der Waals surface area contributed by atoms with E-state index in [4.69, 9.17) is 24.1 Å². The molecule has 2 aliphatic heterocycles. The molecule has 0 spiro atoms. The Morgan fingerprint density at radius 1 is 0.904 bits per heavy atom. The Morgan fingerprint density at radius 2 is 1.58 bits per heavy atom. The molecule has 7 rings (SSSR count). The van der Waals surface area contributed by atoms with Crippen molar-refractivity contribution in [3.05, 3.63) is 92.6 Å². The number of aliphatic carboxylic acids is 1. The normalized spacial score (nSPS) is 15.2. The molecule has 0 unspecified atom stereocenters. The average molecular weight is 753 g/mol. The van der Waals surface area contributed by atoms with E-state index in [2.05, 4.69) is 16.6 Å². The topological polar surface area (TPSA) is 126 Å². The van der Waals surface area contributed by atoms with E-state index in [1.54, 1.807) is 22.7 Å². The quantitative estimate of drug-likeness (QED) is 0.181. The number of alkyl halides is 3. The summed E-state index contributed by atoms with van der Waals surface area (Å²) in [5, 5.41) is 16.8. The maximum atomic E-state index is 13.1. The Balaban J connectivity index is 0.000000604. The molecule has 2 fully saturated rings. The van der Waals surface area contributed by atoms with E-state index in [1.807, 2.05) is 76.7 Å². The Hall–Kier alpha value is -4.86. The third-order valence-corrected chi connectivity index (χ3v) is 10.7. The van der Waals surface area contributed by atoms with Crippen LogP contribution in [0.15, 0.2) is 75.9 Å². The summed E-state index contributed by atoms with van der Waals surface area (Å²) in [4.78, 5) is 44.8. The number of carboxylic acid groups (broad SMARTS) is 1. The maximum Gasteiger partial charge on any atom is 0.490 e. The molecule has 2 saturated heterocycles. The van der Waals surface area contributed by atoms with Crippen LogP contribution in [0.2, 0.25) is 0 Å². The first kappa shape index (κ1) is 36.9. The predicted octanol–water partition coefficient (Wildman–Crippen LogP) is 7.56. The van der Waals surface area contributed by atoms with E-state index in [9.17, 15) is 22.8 Å². The number of morpholine rings is 1. The van der Waals surface area contributed by atoms with Gasteiger partial charge in [-0.25, -0.2) is 9.78 Å². The molecule has 0 radical (unpaired) electrons. The van der Waals surface area contributed by atoms with Gasteiger partial charge in [0.15, 0.2) is 0 Å². The second kappa shape index (κ2) is 16.2. The minimum atomic E-state index is -5.08. The van der Waals surface area contributed by atoms with Crippen molar-refractivity contribution in [2.75, 3.05) is 39.4 Å². The van der Waals surface area contributed by atoms with Crippen LogP contribution >= 0.6 is 22.7 Å². The number of benzene rings is 2. The number of nitrogens with zero attached hydrogens (tertiary/aromatic N) is 4. The van der Waals surface area contributed by atoms with Crippen LogP contribution in [0, 0.1) is 6.92 Å². The van der Waals surface area contributed by atoms with E-state index in [0.29, 0.717) is 44.2 Å². The van der Waals surface area contributed by atoms with Crippen LogP contribution in [0.25, 0.3) is 33.6 Å². The number of aryl methyl sites for hydroxylation is 1. The van der Waals surface area contributed by atoms with Gasteiger partial charge < -0.3 is 24.2 Å². The van der Waals surface area contributed by atoms with Gasteiger partial charge in [-0.3, -0.25) is 9.59 Å². The smallest absolute Gasteiger partial charge is 0.475 e. The third kappa shape index (κ3) is 8.77. The van der Waals surface area contributed by atoms with E-state index >= 15 is 0 Å². The van der Waals surface area contributed by atoms with Crippen molar-refractivity contribution in [2.24, 2.45) is 0 Å². The predicted molar refractivity (Wildman–Crippen MR) is 190 cm³/mol. The van der Waals surface area contributed by atoms with E-state index in [-0.39, 0.29) is 11.8 Å². The summed E-state index contributed by atoms with van der Waals surface area (Å²) in [5.74, 6) is -1.47. The number of piperidine rings is 1. The second-order valence-corrected chi connectivity index (χ2v) is 14.2. The highest BCUT2D eigenvalue weighted by Crippen LogP contribution is 2.39. The first-order valence-electron chi connectivity index (χ1n) is 16.6. The highest BCUT2D eigenvalue weighted by molar-refractivity contribution is 7.10. The molecule has 15 heteroatoms.